The summed E-state index contributed by atoms with van der Waals surface area (Å²) in [6.45, 7) is 4.61. The average molecular weight is 204 g/mol. The summed E-state index contributed by atoms with van der Waals surface area (Å²) in [5.74, 6) is 0.729. The van der Waals surface area contributed by atoms with Crippen molar-refractivity contribution in [2.24, 2.45) is 0 Å². The molecule has 0 radical (unpaired) electrons. The van der Waals surface area contributed by atoms with Crippen LogP contribution < -0.4 is 0 Å². The molecule has 1 aromatic rings. The monoisotopic (exact) mass is 204 g/mol. The highest BCUT2D eigenvalue weighted by molar-refractivity contribution is 5.18. The summed E-state index contributed by atoms with van der Waals surface area (Å²) < 4.78 is 0. The van der Waals surface area contributed by atoms with E-state index in [1.54, 1.807) is 0 Å². The Hall–Kier alpha value is -0.780. The van der Waals surface area contributed by atoms with E-state index in [0.717, 1.165) is 5.92 Å². The molecule has 0 fully saturated rings. The molecule has 0 aliphatic heterocycles. The van der Waals surface area contributed by atoms with Crippen molar-refractivity contribution in [1.29, 1.82) is 0 Å². The molecule has 0 saturated carbocycles. The lowest BCUT2D eigenvalue weighted by Gasteiger charge is -2.11. The Labute approximate surface area is 94.7 Å². The second-order valence-corrected chi connectivity index (χ2v) is 4.51. The molecule has 0 amide bonds. The zero-order valence-corrected chi connectivity index (χ0v) is 10.2. The number of benzene rings is 1. The van der Waals surface area contributed by atoms with Crippen molar-refractivity contribution in [2.45, 2.75) is 58.3 Å². The summed E-state index contributed by atoms with van der Waals surface area (Å²) >= 11 is 0. The van der Waals surface area contributed by atoms with Crippen molar-refractivity contribution in [1.82, 2.24) is 0 Å². The number of hydrogen-bond donors (Lipinski definition) is 0. The first-order valence-corrected chi connectivity index (χ1v) is 6.39. The number of rotatable bonds is 7. The van der Waals surface area contributed by atoms with Crippen LogP contribution in [0.4, 0.5) is 0 Å². The molecule has 0 heteroatoms. The van der Waals surface area contributed by atoms with Crippen LogP contribution in [0.25, 0.3) is 0 Å². The van der Waals surface area contributed by atoms with Gasteiger partial charge in [0.1, 0.15) is 0 Å². The van der Waals surface area contributed by atoms with Gasteiger partial charge in [0, 0.05) is 0 Å². The SMILES string of the molecule is CCCCCCC[C@@H](C)c1ccccc1. The van der Waals surface area contributed by atoms with Gasteiger partial charge < -0.3 is 0 Å². The van der Waals surface area contributed by atoms with Gasteiger partial charge in [-0.1, -0.05) is 76.3 Å². The maximum atomic E-state index is 2.34. The summed E-state index contributed by atoms with van der Waals surface area (Å²) in [4.78, 5) is 0. The highest BCUT2D eigenvalue weighted by atomic mass is 14.1. The van der Waals surface area contributed by atoms with Gasteiger partial charge in [0.2, 0.25) is 0 Å². The second-order valence-electron chi connectivity index (χ2n) is 4.51. The van der Waals surface area contributed by atoms with Crippen molar-refractivity contribution in [3.63, 3.8) is 0 Å². The topological polar surface area (TPSA) is 0 Å². The zero-order chi connectivity index (χ0) is 10.9. The molecule has 0 N–H and O–H groups in total. The van der Waals surface area contributed by atoms with Gasteiger partial charge >= 0.3 is 0 Å². The molecule has 0 spiro atoms. The Bertz CT molecular complexity index is 237. The van der Waals surface area contributed by atoms with Gasteiger partial charge in [0.15, 0.2) is 0 Å². The normalized spacial score (nSPS) is 12.7. The molecule has 0 aromatic heterocycles. The van der Waals surface area contributed by atoms with E-state index >= 15 is 0 Å². The Balaban J connectivity index is 2.16. The third kappa shape index (κ3) is 5.01. The number of hydrogen-bond acceptors (Lipinski definition) is 0. The van der Waals surface area contributed by atoms with E-state index in [9.17, 15) is 0 Å². The van der Waals surface area contributed by atoms with Crippen molar-refractivity contribution in [3.8, 4) is 0 Å². The maximum Gasteiger partial charge on any atom is -0.0190 e. The molecule has 1 aromatic carbocycles. The minimum atomic E-state index is 0.729. The van der Waals surface area contributed by atoms with E-state index in [-0.39, 0.29) is 0 Å². The van der Waals surface area contributed by atoms with Crippen molar-refractivity contribution >= 4 is 0 Å². The van der Waals surface area contributed by atoms with Crippen LogP contribution in [0.3, 0.4) is 0 Å². The summed E-state index contributed by atoms with van der Waals surface area (Å²) in [5, 5.41) is 0. The van der Waals surface area contributed by atoms with Crippen molar-refractivity contribution in [2.75, 3.05) is 0 Å². The van der Waals surface area contributed by atoms with E-state index in [1.807, 2.05) is 0 Å². The van der Waals surface area contributed by atoms with Gasteiger partial charge in [0.05, 0.1) is 0 Å². The first-order valence-electron chi connectivity index (χ1n) is 6.39. The number of unbranched alkanes of at least 4 members (excludes halogenated alkanes) is 4. The van der Waals surface area contributed by atoms with E-state index in [2.05, 4.69) is 44.2 Å². The van der Waals surface area contributed by atoms with Gasteiger partial charge in [0.25, 0.3) is 0 Å². The molecular formula is C15H24. The van der Waals surface area contributed by atoms with Crippen molar-refractivity contribution in [3.05, 3.63) is 35.9 Å². The van der Waals surface area contributed by atoms with E-state index in [4.69, 9.17) is 0 Å². The standard InChI is InChI=1S/C15H24/c1-3-4-5-6-8-11-14(2)15-12-9-7-10-13-15/h7,9-10,12-14H,3-6,8,11H2,1-2H3/t14-/m1/s1. The van der Waals surface area contributed by atoms with Crippen LogP contribution in [-0.2, 0) is 0 Å². The fourth-order valence-corrected chi connectivity index (χ4v) is 2.00. The Morgan fingerprint density at radius 3 is 2.27 bits per heavy atom. The van der Waals surface area contributed by atoms with Crippen LogP contribution in [-0.4, -0.2) is 0 Å². The summed E-state index contributed by atoms with van der Waals surface area (Å²) in [5.41, 5.74) is 1.49. The Morgan fingerprint density at radius 2 is 1.60 bits per heavy atom. The lowest BCUT2D eigenvalue weighted by Crippen LogP contribution is -1.93. The lowest BCUT2D eigenvalue weighted by atomic mass is 9.95. The van der Waals surface area contributed by atoms with Crippen LogP contribution >= 0.6 is 0 Å². The molecule has 0 unspecified atom stereocenters. The van der Waals surface area contributed by atoms with E-state index < -0.39 is 0 Å². The van der Waals surface area contributed by atoms with Crippen LogP contribution in [0.15, 0.2) is 30.3 Å². The van der Waals surface area contributed by atoms with Gasteiger partial charge in [-0.05, 0) is 17.9 Å². The predicted molar refractivity (Wildman–Crippen MR) is 68.2 cm³/mol. The molecule has 1 rings (SSSR count). The molecule has 0 saturated heterocycles. The van der Waals surface area contributed by atoms with Crippen LogP contribution in [0.2, 0.25) is 0 Å². The highest BCUT2D eigenvalue weighted by Gasteiger charge is 2.03. The smallest absolute Gasteiger partial charge is 0.0190 e. The zero-order valence-electron chi connectivity index (χ0n) is 10.2. The summed E-state index contributed by atoms with van der Waals surface area (Å²) in [6, 6.07) is 10.9. The second kappa shape index (κ2) is 7.50. The molecule has 15 heavy (non-hydrogen) atoms. The quantitative estimate of drug-likeness (QED) is 0.539. The largest absolute Gasteiger partial charge is 0.0654 e. The third-order valence-electron chi connectivity index (χ3n) is 3.11. The summed E-state index contributed by atoms with van der Waals surface area (Å²) in [6.07, 6.45) is 8.29. The predicted octanol–water partition coefficient (Wildman–Crippen LogP) is 5.15. The van der Waals surface area contributed by atoms with E-state index in [1.165, 1.54) is 44.1 Å². The molecule has 84 valence electrons. The minimum absolute atomic E-state index is 0.729. The average Bonchev–Trinajstić information content (AvgIpc) is 2.30. The van der Waals surface area contributed by atoms with Gasteiger partial charge in [-0.3, -0.25) is 0 Å². The Morgan fingerprint density at radius 1 is 0.933 bits per heavy atom. The molecular weight excluding hydrogens is 180 g/mol. The maximum absolute atomic E-state index is 2.34. The molecule has 0 aliphatic carbocycles. The fourth-order valence-electron chi connectivity index (χ4n) is 2.00. The Kier molecular flexibility index (Phi) is 6.15. The molecule has 0 nitrogen and oxygen atoms in total. The first-order chi connectivity index (χ1) is 7.34. The molecule has 0 bridgehead atoms. The van der Waals surface area contributed by atoms with Gasteiger partial charge in [-0.2, -0.15) is 0 Å². The first kappa shape index (κ1) is 12.3. The molecule has 0 aliphatic rings. The minimum Gasteiger partial charge on any atom is -0.0654 e. The third-order valence-corrected chi connectivity index (χ3v) is 3.11. The molecule has 1 atom stereocenters. The molecule has 0 heterocycles. The van der Waals surface area contributed by atoms with Gasteiger partial charge in [-0.15, -0.1) is 0 Å². The summed E-state index contributed by atoms with van der Waals surface area (Å²) in [7, 11) is 0. The van der Waals surface area contributed by atoms with Crippen LogP contribution in [0.1, 0.15) is 63.9 Å². The van der Waals surface area contributed by atoms with E-state index in [0.29, 0.717) is 0 Å². The van der Waals surface area contributed by atoms with Gasteiger partial charge in [-0.25, -0.2) is 0 Å². The van der Waals surface area contributed by atoms with Crippen LogP contribution in [0, 0.1) is 0 Å². The highest BCUT2D eigenvalue weighted by Crippen LogP contribution is 2.21. The van der Waals surface area contributed by atoms with Crippen molar-refractivity contribution < 1.29 is 0 Å². The van der Waals surface area contributed by atoms with Crippen LogP contribution in [0.5, 0.6) is 0 Å². The fraction of sp³-hybridized carbons (Fsp3) is 0.600. The lowest BCUT2D eigenvalue weighted by molar-refractivity contribution is 0.567.